The Hall–Kier alpha value is -3.51. The van der Waals surface area contributed by atoms with Crippen LogP contribution >= 0.6 is 11.3 Å². The molecule has 0 radical (unpaired) electrons. The summed E-state index contributed by atoms with van der Waals surface area (Å²) < 4.78 is 6.28. The molecule has 2 aromatic heterocycles. The zero-order valence-electron chi connectivity index (χ0n) is 16.6. The lowest BCUT2D eigenvalue weighted by molar-refractivity contribution is -0.135. The average Bonchev–Trinajstić information content (AvgIpc) is 3.40. The zero-order chi connectivity index (χ0) is 20.7. The molecule has 0 N–H and O–H groups in total. The van der Waals surface area contributed by atoms with Crippen molar-refractivity contribution >= 4 is 34.0 Å². The van der Waals surface area contributed by atoms with Gasteiger partial charge in [0.15, 0.2) is 0 Å². The number of rotatable bonds is 3. The van der Waals surface area contributed by atoms with Gasteiger partial charge in [-0.1, -0.05) is 48.5 Å². The number of para-hydroxylation sites is 1. The van der Waals surface area contributed by atoms with E-state index < -0.39 is 6.23 Å². The zero-order valence-corrected chi connectivity index (χ0v) is 17.4. The van der Waals surface area contributed by atoms with Gasteiger partial charge in [0, 0.05) is 23.4 Å². The Bertz CT molecular complexity index is 1280. The van der Waals surface area contributed by atoms with Gasteiger partial charge in [0.2, 0.25) is 12.1 Å². The molecule has 4 aromatic rings. The van der Waals surface area contributed by atoms with Crippen LogP contribution in [-0.2, 0) is 9.53 Å². The number of ether oxygens (including phenoxy) is 1. The molecule has 5 nitrogen and oxygen atoms in total. The van der Waals surface area contributed by atoms with E-state index in [4.69, 9.17) is 9.72 Å². The van der Waals surface area contributed by atoms with Gasteiger partial charge in [-0.15, -0.1) is 16.4 Å². The molecule has 1 atom stereocenters. The van der Waals surface area contributed by atoms with Crippen LogP contribution in [-0.4, -0.2) is 21.8 Å². The van der Waals surface area contributed by atoms with Crippen LogP contribution in [0.15, 0.2) is 77.2 Å². The third-order valence-electron chi connectivity index (χ3n) is 5.11. The van der Waals surface area contributed by atoms with Crippen LogP contribution in [0, 0.1) is 6.92 Å². The first-order valence-electron chi connectivity index (χ1n) is 9.66. The molecule has 6 heteroatoms. The highest BCUT2D eigenvalue weighted by atomic mass is 32.1. The van der Waals surface area contributed by atoms with Gasteiger partial charge in [-0.05, 0) is 36.1 Å². The molecule has 0 bridgehead atoms. The number of carbonyl (C=O) groups excluding carboxylic acids is 1. The van der Waals surface area contributed by atoms with E-state index in [0.717, 1.165) is 38.2 Å². The summed E-state index contributed by atoms with van der Waals surface area (Å²) in [6.07, 6.45) is -0.644. The first-order valence-corrected chi connectivity index (χ1v) is 10.5. The van der Waals surface area contributed by atoms with Gasteiger partial charge in [0.25, 0.3) is 5.90 Å². The molecule has 5 rings (SSSR count). The van der Waals surface area contributed by atoms with Gasteiger partial charge in [0.05, 0.1) is 16.1 Å². The maximum atomic E-state index is 12.4. The number of hydrazone groups is 1. The second kappa shape index (κ2) is 7.39. The normalized spacial score (nSPS) is 15.9. The van der Waals surface area contributed by atoms with Gasteiger partial charge in [-0.25, -0.2) is 4.98 Å². The van der Waals surface area contributed by atoms with E-state index in [2.05, 4.69) is 5.10 Å². The summed E-state index contributed by atoms with van der Waals surface area (Å²) in [4.78, 5) is 18.2. The number of thiophene rings is 1. The quantitative estimate of drug-likeness (QED) is 0.445. The molecule has 1 amide bonds. The van der Waals surface area contributed by atoms with Crippen molar-refractivity contribution < 1.29 is 9.53 Å². The monoisotopic (exact) mass is 413 g/mol. The Morgan fingerprint density at radius 2 is 1.83 bits per heavy atom. The number of carbonyl (C=O) groups is 1. The van der Waals surface area contributed by atoms with Crippen molar-refractivity contribution in [3.8, 4) is 11.3 Å². The summed E-state index contributed by atoms with van der Waals surface area (Å²) in [6, 6.07) is 21.9. The van der Waals surface area contributed by atoms with Crippen LogP contribution in [0.1, 0.15) is 29.2 Å². The molecular weight excluding hydrogens is 394 g/mol. The standard InChI is InChI=1S/C24H19N3O2S/c1-15-12-13-30-22(15)23-26-27(16(2)28)24(29-23)19-14-21(17-8-4-3-5-9-17)25-20-11-7-6-10-18(19)20/h3-14,24H,1-2H3/t24-/m1/s1. The Morgan fingerprint density at radius 3 is 2.57 bits per heavy atom. The maximum absolute atomic E-state index is 12.4. The summed E-state index contributed by atoms with van der Waals surface area (Å²) in [6.45, 7) is 3.52. The van der Waals surface area contributed by atoms with Crippen molar-refractivity contribution in [1.29, 1.82) is 0 Å². The lowest BCUT2D eigenvalue weighted by atomic mass is 10.0. The van der Waals surface area contributed by atoms with Crippen molar-refractivity contribution in [3.63, 3.8) is 0 Å². The number of nitrogens with zero attached hydrogens (tertiary/aromatic N) is 3. The van der Waals surface area contributed by atoms with Crippen LogP contribution in [0.2, 0.25) is 0 Å². The van der Waals surface area contributed by atoms with Gasteiger partial charge in [-0.3, -0.25) is 4.79 Å². The highest BCUT2D eigenvalue weighted by Gasteiger charge is 2.35. The maximum Gasteiger partial charge on any atom is 0.251 e. The highest BCUT2D eigenvalue weighted by Crippen LogP contribution is 2.37. The molecule has 0 aliphatic carbocycles. The van der Waals surface area contributed by atoms with Gasteiger partial charge in [-0.2, -0.15) is 5.01 Å². The minimum atomic E-state index is -0.644. The lowest BCUT2D eigenvalue weighted by Gasteiger charge is -2.21. The predicted molar refractivity (Wildman–Crippen MR) is 119 cm³/mol. The first kappa shape index (κ1) is 18.5. The highest BCUT2D eigenvalue weighted by molar-refractivity contribution is 7.12. The molecule has 3 heterocycles. The smallest absolute Gasteiger partial charge is 0.251 e. The van der Waals surface area contributed by atoms with Gasteiger partial charge >= 0.3 is 0 Å². The number of benzene rings is 2. The topological polar surface area (TPSA) is 54.8 Å². The Labute approximate surface area is 178 Å². The molecule has 148 valence electrons. The fraction of sp³-hybridized carbons (Fsp3) is 0.125. The number of pyridine rings is 1. The van der Waals surface area contributed by atoms with Crippen molar-refractivity contribution in [2.24, 2.45) is 5.10 Å². The number of hydrogen-bond donors (Lipinski definition) is 0. The minimum absolute atomic E-state index is 0.175. The van der Waals surface area contributed by atoms with Crippen LogP contribution < -0.4 is 0 Å². The van der Waals surface area contributed by atoms with Crippen LogP contribution in [0.5, 0.6) is 0 Å². The molecular formula is C24H19N3O2S. The van der Waals surface area contributed by atoms with Gasteiger partial charge in [0.1, 0.15) is 0 Å². The Balaban J connectivity index is 1.66. The van der Waals surface area contributed by atoms with Crippen molar-refractivity contribution in [2.45, 2.75) is 20.1 Å². The van der Waals surface area contributed by atoms with Crippen molar-refractivity contribution in [1.82, 2.24) is 9.99 Å². The molecule has 1 aliphatic rings. The lowest BCUT2D eigenvalue weighted by Crippen LogP contribution is -2.25. The van der Waals surface area contributed by atoms with Crippen molar-refractivity contribution in [3.05, 3.63) is 88.1 Å². The third-order valence-corrected chi connectivity index (χ3v) is 6.11. The summed E-state index contributed by atoms with van der Waals surface area (Å²) in [5.41, 5.74) is 4.63. The number of aromatic nitrogens is 1. The number of fused-ring (bicyclic) bond motifs is 1. The van der Waals surface area contributed by atoms with Crippen LogP contribution in [0.4, 0.5) is 0 Å². The van der Waals surface area contributed by atoms with E-state index >= 15 is 0 Å². The Kier molecular flexibility index (Phi) is 4.56. The Morgan fingerprint density at radius 1 is 1.07 bits per heavy atom. The molecule has 2 aromatic carbocycles. The fourth-order valence-corrected chi connectivity index (χ4v) is 4.47. The number of amides is 1. The van der Waals surface area contributed by atoms with E-state index in [0.29, 0.717) is 5.90 Å². The fourth-order valence-electron chi connectivity index (χ4n) is 3.61. The van der Waals surface area contributed by atoms with Crippen LogP contribution in [0.25, 0.3) is 22.2 Å². The van der Waals surface area contributed by atoms with E-state index in [1.54, 1.807) is 11.3 Å². The second-order valence-corrected chi connectivity index (χ2v) is 8.07. The largest absolute Gasteiger partial charge is 0.445 e. The van der Waals surface area contributed by atoms with E-state index in [1.807, 2.05) is 79.0 Å². The number of hydrogen-bond acceptors (Lipinski definition) is 5. The third kappa shape index (κ3) is 3.15. The molecule has 30 heavy (non-hydrogen) atoms. The van der Waals surface area contributed by atoms with E-state index in [-0.39, 0.29) is 5.91 Å². The molecule has 0 unspecified atom stereocenters. The van der Waals surface area contributed by atoms with E-state index in [1.165, 1.54) is 11.9 Å². The summed E-state index contributed by atoms with van der Waals surface area (Å²) >= 11 is 1.56. The molecule has 0 spiro atoms. The molecule has 0 saturated heterocycles. The average molecular weight is 414 g/mol. The van der Waals surface area contributed by atoms with Crippen LogP contribution in [0.3, 0.4) is 0 Å². The summed E-state index contributed by atoms with van der Waals surface area (Å²) in [5.74, 6) is 0.302. The molecule has 1 aliphatic heterocycles. The first-order chi connectivity index (χ1) is 14.6. The van der Waals surface area contributed by atoms with E-state index in [9.17, 15) is 4.79 Å². The summed E-state index contributed by atoms with van der Waals surface area (Å²) in [7, 11) is 0. The SMILES string of the molecule is CC(=O)N1N=C(c2sccc2C)O[C@@H]1c1cc(-c2ccccc2)nc2ccccc12. The van der Waals surface area contributed by atoms with Crippen molar-refractivity contribution in [2.75, 3.05) is 0 Å². The number of aryl methyl sites for hydroxylation is 1. The predicted octanol–water partition coefficient (Wildman–Crippen LogP) is 5.51. The molecule has 0 saturated carbocycles. The molecule has 0 fully saturated rings. The minimum Gasteiger partial charge on any atom is -0.445 e. The second-order valence-electron chi connectivity index (χ2n) is 7.15. The summed E-state index contributed by atoms with van der Waals surface area (Å²) in [5, 5.41) is 8.88. The van der Waals surface area contributed by atoms with Gasteiger partial charge < -0.3 is 4.74 Å².